The van der Waals surface area contributed by atoms with Crippen LogP contribution in [0, 0.1) is 12.7 Å². The van der Waals surface area contributed by atoms with E-state index in [2.05, 4.69) is 0 Å². The van der Waals surface area contributed by atoms with Crippen LogP contribution in [0.3, 0.4) is 0 Å². The number of hydrogen-bond donors (Lipinski definition) is 0. The van der Waals surface area contributed by atoms with Crippen LogP contribution < -0.4 is 9.47 Å². The molecule has 0 heterocycles. The van der Waals surface area contributed by atoms with Crippen LogP contribution in [0.15, 0.2) is 12.1 Å². The Hall–Kier alpha value is -1.25. The first-order valence-corrected chi connectivity index (χ1v) is 4.57. The highest BCUT2D eigenvalue weighted by atomic mass is 19.1. The number of ether oxygens (including phenoxy) is 2. The summed E-state index contributed by atoms with van der Waals surface area (Å²) in [6.45, 7) is 5.68. The second-order valence-electron chi connectivity index (χ2n) is 2.46. The second-order valence-corrected chi connectivity index (χ2v) is 2.46. The molecule has 0 saturated heterocycles. The molecule has 0 N–H and O–H groups in total. The average molecular weight is 200 g/mol. The average Bonchev–Trinajstić information content (AvgIpc) is 2.24. The lowest BCUT2D eigenvalue weighted by Gasteiger charge is -2.08. The van der Waals surface area contributed by atoms with Crippen molar-refractivity contribution in [3.05, 3.63) is 23.5 Å². The van der Waals surface area contributed by atoms with Gasteiger partial charge in [0.05, 0.1) is 14.2 Å². The molecule has 1 aromatic rings. The van der Waals surface area contributed by atoms with E-state index in [0.717, 1.165) is 0 Å². The van der Waals surface area contributed by atoms with Crippen LogP contribution in [0.25, 0.3) is 0 Å². The largest absolute Gasteiger partial charge is 0.493 e. The molecule has 14 heavy (non-hydrogen) atoms. The zero-order chi connectivity index (χ0) is 11.1. The predicted molar refractivity (Wildman–Crippen MR) is 55.6 cm³/mol. The van der Waals surface area contributed by atoms with Crippen molar-refractivity contribution >= 4 is 0 Å². The molecule has 0 aromatic heterocycles. The molecular weight excluding hydrogens is 183 g/mol. The number of halogens is 1. The molecule has 0 aliphatic rings. The van der Waals surface area contributed by atoms with Crippen molar-refractivity contribution in [2.45, 2.75) is 20.8 Å². The summed E-state index contributed by atoms with van der Waals surface area (Å²) in [5, 5.41) is 0. The maximum Gasteiger partial charge on any atom is 0.163 e. The molecule has 3 heteroatoms. The Kier molecular flexibility index (Phi) is 5.68. The fourth-order valence-corrected chi connectivity index (χ4v) is 0.956. The maximum absolute atomic E-state index is 12.9. The minimum absolute atomic E-state index is 0.285. The molecule has 0 saturated carbocycles. The van der Waals surface area contributed by atoms with Gasteiger partial charge in [-0.25, -0.2) is 4.39 Å². The number of rotatable bonds is 2. The van der Waals surface area contributed by atoms with Gasteiger partial charge >= 0.3 is 0 Å². The van der Waals surface area contributed by atoms with E-state index in [4.69, 9.17) is 9.47 Å². The molecular formula is C11H17FO2. The Balaban J connectivity index is 0.000000791. The van der Waals surface area contributed by atoms with Crippen molar-refractivity contribution < 1.29 is 13.9 Å². The quantitative estimate of drug-likeness (QED) is 0.730. The monoisotopic (exact) mass is 200 g/mol. The van der Waals surface area contributed by atoms with Gasteiger partial charge < -0.3 is 9.47 Å². The summed E-state index contributed by atoms with van der Waals surface area (Å²) in [5.74, 6) is 0.685. The summed E-state index contributed by atoms with van der Waals surface area (Å²) in [7, 11) is 3.00. The third-order valence-electron chi connectivity index (χ3n) is 1.66. The third kappa shape index (κ3) is 2.91. The summed E-state index contributed by atoms with van der Waals surface area (Å²) in [5.41, 5.74) is 0.549. The zero-order valence-electron chi connectivity index (χ0n) is 9.35. The van der Waals surface area contributed by atoms with Gasteiger partial charge in [-0.1, -0.05) is 13.8 Å². The van der Waals surface area contributed by atoms with Crippen LogP contribution in [0.4, 0.5) is 4.39 Å². The standard InChI is InChI=1S/C9H11FO2.C2H6/c1-6-4-8(11-2)9(12-3)5-7(6)10;1-2/h4-5H,1-3H3;1-2H3. The molecule has 0 bridgehead atoms. The summed E-state index contributed by atoms with van der Waals surface area (Å²) in [4.78, 5) is 0. The first-order valence-electron chi connectivity index (χ1n) is 4.57. The van der Waals surface area contributed by atoms with Crippen molar-refractivity contribution in [1.29, 1.82) is 0 Å². The highest BCUT2D eigenvalue weighted by Gasteiger charge is 2.06. The SMILES string of the molecule is CC.COc1cc(C)c(F)cc1OC. The van der Waals surface area contributed by atoms with E-state index >= 15 is 0 Å². The molecule has 2 nitrogen and oxygen atoms in total. The molecule has 1 rings (SSSR count). The van der Waals surface area contributed by atoms with E-state index < -0.39 is 0 Å². The van der Waals surface area contributed by atoms with Gasteiger partial charge in [-0.3, -0.25) is 0 Å². The summed E-state index contributed by atoms with van der Waals surface area (Å²) < 4.78 is 22.8. The van der Waals surface area contributed by atoms with Crippen LogP contribution in [-0.4, -0.2) is 14.2 Å². The minimum atomic E-state index is -0.285. The topological polar surface area (TPSA) is 18.5 Å². The van der Waals surface area contributed by atoms with E-state index in [0.29, 0.717) is 17.1 Å². The van der Waals surface area contributed by atoms with E-state index in [1.807, 2.05) is 13.8 Å². The van der Waals surface area contributed by atoms with Crippen molar-refractivity contribution in [3.63, 3.8) is 0 Å². The van der Waals surface area contributed by atoms with Gasteiger partial charge in [-0.2, -0.15) is 0 Å². The fourth-order valence-electron chi connectivity index (χ4n) is 0.956. The Labute approximate surface area is 84.7 Å². The van der Waals surface area contributed by atoms with E-state index in [-0.39, 0.29) is 5.82 Å². The van der Waals surface area contributed by atoms with Gasteiger partial charge in [-0.05, 0) is 18.6 Å². The highest BCUT2D eigenvalue weighted by molar-refractivity contribution is 5.43. The molecule has 80 valence electrons. The lowest BCUT2D eigenvalue weighted by molar-refractivity contribution is 0.352. The first-order chi connectivity index (χ1) is 6.69. The second kappa shape index (κ2) is 6.24. The molecule has 0 spiro atoms. The molecule has 0 amide bonds. The van der Waals surface area contributed by atoms with Gasteiger partial charge in [0.15, 0.2) is 11.5 Å². The van der Waals surface area contributed by atoms with Crippen LogP contribution in [0.2, 0.25) is 0 Å². The number of hydrogen-bond acceptors (Lipinski definition) is 2. The number of methoxy groups -OCH3 is 2. The Morgan fingerprint density at radius 1 is 1.00 bits per heavy atom. The number of benzene rings is 1. The predicted octanol–water partition coefficient (Wildman–Crippen LogP) is 3.18. The molecule has 1 aromatic carbocycles. The molecule has 0 atom stereocenters. The lowest BCUT2D eigenvalue weighted by atomic mass is 10.2. The summed E-state index contributed by atoms with van der Waals surface area (Å²) in [6, 6.07) is 2.92. The van der Waals surface area contributed by atoms with E-state index in [9.17, 15) is 4.39 Å². The van der Waals surface area contributed by atoms with Crippen molar-refractivity contribution in [2.24, 2.45) is 0 Å². The van der Waals surface area contributed by atoms with Crippen LogP contribution in [0.5, 0.6) is 11.5 Å². The molecule has 0 fully saturated rings. The number of aryl methyl sites for hydroxylation is 1. The van der Waals surface area contributed by atoms with Crippen molar-refractivity contribution in [1.82, 2.24) is 0 Å². The molecule has 0 aliphatic carbocycles. The molecule has 0 unspecified atom stereocenters. The van der Waals surface area contributed by atoms with E-state index in [1.54, 1.807) is 13.0 Å². The van der Waals surface area contributed by atoms with Gasteiger partial charge in [0.25, 0.3) is 0 Å². The van der Waals surface area contributed by atoms with Gasteiger partial charge in [0.2, 0.25) is 0 Å². The molecule has 0 aliphatic heterocycles. The van der Waals surface area contributed by atoms with Crippen LogP contribution in [0.1, 0.15) is 19.4 Å². The van der Waals surface area contributed by atoms with Crippen LogP contribution >= 0.6 is 0 Å². The minimum Gasteiger partial charge on any atom is -0.493 e. The Bertz CT molecular complexity index is 256. The van der Waals surface area contributed by atoms with Gasteiger partial charge in [0.1, 0.15) is 5.82 Å². The normalized spacial score (nSPS) is 8.71. The fraction of sp³-hybridized carbons (Fsp3) is 0.455. The smallest absolute Gasteiger partial charge is 0.163 e. The zero-order valence-corrected chi connectivity index (χ0v) is 9.35. The van der Waals surface area contributed by atoms with Crippen molar-refractivity contribution in [3.8, 4) is 11.5 Å². The third-order valence-corrected chi connectivity index (χ3v) is 1.66. The van der Waals surface area contributed by atoms with Gasteiger partial charge in [0, 0.05) is 6.07 Å². The summed E-state index contributed by atoms with van der Waals surface area (Å²) >= 11 is 0. The van der Waals surface area contributed by atoms with Crippen molar-refractivity contribution in [2.75, 3.05) is 14.2 Å². The van der Waals surface area contributed by atoms with Crippen LogP contribution in [-0.2, 0) is 0 Å². The maximum atomic E-state index is 12.9. The first kappa shape index (κ1) is 12.8. The summed E-state index contributed by atoms with van der Waals surface area (Å²) in [6.07, 6.45) is 0. The highest BCUT2D eigenvalue weighted by Crippen LogP contribution is 2.29. The Morgan fingerprint density at radius 3 is 1.86 bits per heavy atom. The lowest BCUT2D eigenvalue weighted by Crippen LogP contribution is -1.93. The molecule has 0 radical (unpaired) electrons. The van der Waals surface area contributed by atoms with Gasteiger partial charge in [-0.15, -0.1) is 0 Å². The Morgan fingerprint density at radius 2 is 1.43 bits per heavy atom. The van der Waals surface area contributed by atoms with E-state index in [1.165, 1.54) is 20.3 Å².